The summed E-state index contributed by atoms with van der Waals surface area (Å²) in [5.41, 5.74) is 1.88. The highest BCUT2D eigenvalue weighted by atomic mass is 35.5. The Morgan fingerprint density at radius 3 is 2.04 bits per heavy atom. The summed E-state index contributed by atoms with van der Waals surface area (Å²) in [6.07, 6.45) is 0.186. The number of halogens is 2. The summed E-state index contributed by atoms with van der Waals surface area (Å²) in [7, 11) is 0. The van der Waals surface area contributed by atoms with Gasteiger partial charge in [0.2, 0.25) is 5.91 Å². The molecule has 136 valence electrons. The van der Waals surface area contributed by atoms with Gasteiger partial charge in [-0.15, -0.1) is 0 Å². The van der Waals surface area contributed by atoms with E-state index < -0.39 is 5.97 Å². The van der Waals surface area contributed by atoms with Crippen LogP contribution in [0.2, 0.25) is 10.0 Å². The molecule has 1 fully saturated rings. The molecule has 0 unspecified atom stereocenters. The molecule has 0 atom stereocenters. The monoisotopic (exact) mass is 392 g/mol. The Morgan fingerprint density at radius 1 is 0.923 bits per heavy atom. The van der Waals surface area contributed by atoms with Crippen molar-refractivity contribution >= 4 is 40.8 Å². The molecule has 1 saturated heterocycles. The SMILES string of the molecule is O=C(O)c1ccc(N2CCN(C(=O)Cc3c(Cl)cccc3Cl)CC2)cc1. The van der Waals surface area contributed by atoms with E-state index in [-0.39, 0.29) is 17.9 Å². The normalized spacial score (nSPS) is 14.4. The highest BCUT2D eigenvalue weighted by molar-refractivity contribution is 6.36. The molecule has 3 rings (SSSR count). The van der Waals surface area contributed by atoms with Gasteiger partial charge in [0.15, 0.2) is 0 Å². The van der Waals surface area contributed by atoms with Gasteiger partial charge in [0.25, 0.3) is 0 Å². The Hall–Kier alpha value is -2.24. The van der Waals surface area contributed by atoms with E-state index in [0.717, 1.165) is 5.69 Å². The van der Waals surface area contributed by atoms with E-state index in [2.05, 4.69) is 4.90 Å². The van der Waals surface area contributed by atoms with E-state index >= 15 is 0 Å². The molecular weight excluding hydrogens is 375 g/mol. The third kappa shape index (κ3) is 4.11. The van der Waals surface area contributed by atoms with Crippen LogP contribution in [-0.4, -0.2) is 48.1 Å². The number of aromatic carboxylic acids is 1. The number of hydrogen-bond donors (Lipinski definition) is 1. The second-order valence-corrected chi connectivity index (χ2v) is 6.91. The van der Waals surface area contributed by atoms with Crippen molar-refractivity contribution in [2.75, 3.05) is 31.1 Å². The van der Waals surface area contributed by atoms with Gasteiger partial charge < -0.3 is 14.9 Å². The summed E-state index contributed by atoms with van der Waals surface area (Å²) in [5.74, 6) is -0.939. The van der Waals surface area contributed by atoms with Gasteiger partial charge in [-0.3, -0.25) is 4.79 Å². The molecule has 2 aromatic rings. The van der Waals surface area contributed by atoms with Gasteiger partial charge in [0.05, 0.1) is 12.0 Å². The molecule has 7 heteroatoms. The molecule has 0 saturated carbocycles. The van der Waals surface area contributed by atoms with Crippen molar-refractivity contribution in [2.24, 2.45) is 0 Å². The highest BCUT2D eigenvalue weighted by Gasteiger charge is 2.22. The number of amides is 1. The van der Waals surface area contributed by atoms with Crippen LogP contribution in [0.5, 0.6) is 0 Å². The van der Waals surface area contributed by atoms with E-state index in [1.165, 1.54) is 0 Å². The molecule has 5 nitrogen and oxygen atoms in total. The molecule has 0 spiro atoms. The number of rotatable bonds is 4. The third-order valence-corrected chi connectivity index (χ3v) is 5.21. The molecule has 1 aliphatic heterocycles. The Balaban J connectivity index is 1.59. The first-order valence-electron chi connectivity index (χ1n) is 8.24. The molecule has 1 N–H and O–H groups in total. The number of carboxylic acids is 1. The summed E-state index contributed by atoms with van der Waals surface area (Å²) in [6.45, 7) is 2.58. The van der Waals surface area contributed by atoms with Crippen LogP contribution in [0.4, 0.5) is 5.69 Å². The molecule has 1 amide bonds. The number of nitrogens with zero attached hydrogens (tertiary/aromatic N) is 2. The lowest BCUT2D eigenvalue weighted by Gasteiger charge is -2.36. The maximum atomic E-state index is 12.6. The van der Waals surface area contributed by atoms with Crippen LogP contribution >= 0.6 is 23.2 Å². The zero-order valence-electron chi connectivity index (χ0n) is 14.0. The van der Waals surface area contributed by atoms with Crippen molar-refractivity contribution in [2.45, 2.75) is 6.42 Å². The van der Waals surface area contributed by atoms with E-state index in [1.807, 2.05) is 4.90 Å². The Bertz CT molecular complexity index is 796. The second-order valence-electron chi connectivity index (χ2n) is 6.10. The molecule has 0 radical (unpaired) electrons. The lowest BCUT2D eigenvalue weighted by Crippen LogP contribution is -2.49. The number of piperazine rings is 1. The van der Waals surface area contributed by atoms with Crippen molar-refractivity contribution in [1.29, 1.82) is 0 Å². The zero-order chi connectivity index (χ0) is 18.7. The number of benzene rings is 2. The van der Waals surface area contributed by atoms with Crippen molar-refractivity contribution < 1.29 is 14.7 Å². The standard InChI is InChI=1S/C19H18Cl2N2O3/c20-16-2-1-3-17(21)15(16)12-18(24)23-10-8-22(9-11-23)14-6-4-13(5-7-14)19(25)26/h1-7H,8-12H2,(H,25,26). The first-order valence-corrected chi connectivity index (χ1v) is 9.00. The van der Waals surface area contributed by atoms with Crippen molar-refractivity contribution in [3.8, 4) is 0 Å². The molecule has 0 aromatic heterocycles. The number of anilines is 1. The topological polar surface area (TPSA) is 60.9 Å². The molecule has 26 heavy (non-hydrogen) atoms. The number of carbonyl (C=O) groups is 2. The lowest BCUT2D eigenvalue weighted by molar-refractivity contribution is -0.130. The van der Waals surface area contributed by atoms with Crippen molar-refractivity contribution in [1.82, 2.24) is 4.90 Å². The highest BCUT2D eigenvalue weighted by Crippen LogP contribution is 2.25. The first-order chi connectivity index (χ1) is 12.5. The molecule has 2 aromatic carbocycles. The van der Waals surface area contributed by atoms with Crippen LogP contribution in [0.1, 0.15) is 15.9 Å². The Morgan fingerprint density at radius 2 is 1.50 bits per heavy atom. The van der Waals surface area contributed by atoms with E-state index in [4.69, 9.17) is 28.3 Å². The number of hydrogen-bond acceptors (Lipinski definition) is 3. The molecule has 0 bridgehead atoms. The van der Waals surface area contributed by atoms with Gasteiger partial charge in [-0.2, -0.15) is 0 Å². The predicted octanol–water partition coefficient (Wildman–Crippen LogP) is 3.58. The molecule has 1 heterocycles. The maximum absolute atomic E-state index is 12.6. The lowest BCUT2D eigenvalue weighted by atomic mass is 10.1. The summed E-state index contributed by atoms with van der Waals surface area (Å²) in [6, 6.07) is 12.0. The van der Waals surface area contributed by atoms with Crippen LogP contribution in [-0.2, 0) is 11.2 Å². The minimum atomic E-state index is -0.940. The molecule has 1 aliphatic rings. The van der Waals surface area contributed by atoms with Crippen molar-refractivity contribution in [3.63, 3.8) is 0 Å². The fraction of sp³-hybridized carbons (Fsp3) is 0.263. The second kappa shape index (κ2) is 7.98. The van der Waals surface area contributed by atoms with Crippen LogP contribution in [0, 0.1) is 0 Å². The van der Waals surface area contributed by atoms with E-state index in [0.29, 0.717) is 41.8 Å². The fourth-order valence-electron chi connectivity index (χ4n) is 2.99. The van der Waals surface area contributed by atoms with Gasteiger partial charge in [-0.1, -0.05) is 29.3 Å². The van der Waals surface area contributed by atoms with Crippen LogP contribution in [0.25, 0.3) is 0 Å². The van der Waals surface area contributed by atoms with Gasteiger partial charge in [0, 0.05) is 41.9 Å². The summed E-state index contributed by atoms with van der Waals surface area (Å²) in [4.78, 5) is 27.4. The smallest absolute Gasteiger partial charge is 0.335 e. The van der Waals surface area contributed by atoms with Crippen LogP contribution in [0.3, 0.4) is 0 Å². The number of carbonyl (C=O) groups excluding carboxylic acids is 1. The Kier molecular flexibility index (Phi) is 5.69. The summed E-state index contributed by atoms with van der Waals surface area (Å²) < 4.78 is 0. The minimum Gasteiger partial charge on any atom is -0.478 e. The van der Waals surface area contributed by atoms with Gasteiger partial charge in [-0.25, -0.2) is 4.79 Å². The molecular formula is C19H18Cl2N2O3. The van der Waals surface area contributed by atoms with E-state index in [1.54, 1.807) is 42.5 Å². The van der Waals surface area contributed by atoms with E-state index in [9.17, 15) is 9.59 Å². The minimum absolute atomic E-state index is 0.000810. The largest absolute Gasteiger partial charge is 0.478 e. The quantitative estimate of drug-likeness (QED) is 0.863. The maximum Gasteiger partial charge on any atom is 0.335 e. The zero-order valence-corrected chi connectivity index (χ0v) is 15.5. The average Bonchev–Trinajstić information content (AvgIpc) is 2.65. The van der Waals surface area contributed by atoms with Gasteiger partial charge >= 0.3 is 5.97 Å². The predicted molar refractivity (Wildman–Crippen MR) is 102 cm³/mol. The van der Waals surface area contributed by atoms with Crippen LogP contribution < -0.4 is 4.90 Å². The summed E-state index contributed by atoms with van der Waals surface area (Å²) >= 11 is 12.3. The van der Waals surface area contributed by atoms with Gasteiger partial charge in [-0.05, 0) is 42.0 Å². The fourth-order valence-corrected chi connectivity index (χ4v) is 3.52. The summed E-state index contributed by atoms with van der Waals surface area (Å²) in [5, 5.41) is 9.97. The Labute approximate surface area is 161 Å². The average molecular weight is 393 g/mol. The van der Waals surface area contributed by atoms with Crippen molar-refractivity contribution in [3.05, 3.63) is 63.6 Å². The number of carboxylic acid groups (broad SMARTS) is 1. The first kappa shape index (κ1) is 18.5. The third-order valence-electron chi connectivity index (χ3n) is 4.50. The van der Waals surface area contributed by atoms with Gasteiger partial charge in [0.1, 0.15) is 0 Å². The molecule has 0 aliphatic carbocycles. The van der Waals surface area contributed by atoms with Crippen LogP contribution in [0.15, 0.2) is 42.5 Å².